The summed E-state index contributed by atoms with van der Waals surface area (Å²) < 4.78 is 0. The molecule has 0 aromatic heterocycles. The minimum absolute atomic E-state index is 0. The fraction of sp³-hybridized carbons (Fsp3) is 0.500. The summed E-state index contributed by atoms with van der Waals surface area (Å²) in [5.41, 5.74) is 1.37. The molecule has 0 radical (unpaired) electrons. The molecule has 1 aromatic carbocycles. The number of hydrogen-bond acceptors (Lipinski definition) is 3. The Morgan fingerprint density at radius 1 is 1.26 bits per heavy atom. The monoisotopic (exact) mass is 357 g/mol. The van der Waals surface area contributed by atoms with Gasteiger partial charge in [0.2, 0.25) is 11.8 Å². The van der Waals surface area contributed by atoms with Crippen molar-refractivity contribution in [1.29, 1.82) is 0 Å². The van der Waals surface area contributed by atoms with E-state index >= 15 is 0 Å². The first-order valence-electron chi connectivity index (χ1n) is 7.59. The SMILES string of the molecule is CC(=O)Nc1ccc(Cl)c(NC(=O)C2CC23CCNCC3)c1.Cl. The summed E-state index contributed by atoms with van der Waals surface area (Å²) in [4.78, 5) is 23.6. The highest BCUT2D eigenvalue weighted by Gasteiger charge is 2.57. The molecule has 3 N–H and O–H groups in total. The van der Waals surface area contributed by atoms with Gasteiger partial charge in [-0.1, -0.05) is 11.6 Å². The van der Waals surface area contributed by atoms with Crippen molar-refractivity contribution in [2.45, 2.75) is 26.2 Å². The zero-order chi connectivity index (χ0) is 15.7. The predicted octanol–water partition coefficient (Wildman–Crippen LogP) is 3.05. The van der Waals surface area contributed by atoms with E-state index in [0.717, 1.165) is 32.4 Å². The number of anilines is 2. The van der Waals surface area contributed by atoms with Gasteiger partial charge in [-0.3, -0.25) is 9.59 Å². The number of piperidine rings is 1. The highest BCUT2D eigenvalue weighted by molar-refractivity contribution is 6.34. The molecule has 1 aromatic rings. The average molecular weight is 358 g/mol. The zero-order valence-corrected chi connectivity index (χ0v) is 14.5. The lowest BCUT2D eigenvalue weighted by atomic mass is 9.92. The molecule has 2 fully saturated rings. The third-order valence-electron chi connectivity index (χ3n) is 4.65. The molecule has 1 heterocycles. The van der Waals surface area contributed by atoms with Crippen LogP contribution in [-0.4, -0.2) is 24.9 Å². The van der Waals surface area contributed by atoms with Gasteiger partial charge >= 0.3 is 0 Å². The van der Waals surface area contributed by atoms with Crippen molar-refractivity contribution in [3.05, 3.63) is 23.2 Å². The molecule has 5 nitrogen and oxygen atoms in total. The number of amides is 2. The van der Waals surface area contributed by atoms with E-state index in [1.807, 2.05) is 0 Å². The standard InChI is InChI=1S/C16H20ClN3O2.ClH/c1-10(21)19-11-2-3-13(17)14(8-11)20-15(22)12-9-16(12)4-6-18-7-5-16;/h2-3,8,12,18H,4-7,9H2,1H3,(H,19,21)(H,20,22);1H. The van der Waals surface area contributed by atoms with E-state index < -0.39 is 0 Å². The number of rotatable bonds is 3. The summed E-state index contributed by atoms with van der Waals surface area (Å²) >= 11 is 6.14. The summed E-state index contributed by atoms with van der Waals surface area (Å²) in [6.45, 7) is 3.42. The number of nitrogens with one attached hydrogen (secondary N) is 3. The van der Waals surface area contributed by atoms with E-state index in [-0.39, 0.29) is 35.6 Å². The van der Waals surface area contributed by atoms with Crippen molar-refractivity contribution in [1.82, 2.24) is 5.32 Å². The molecule has 126 valence electrons. The van der Waals surface area contributed by atoms with Gasteiger partial charge in [0.05, 0.1) is 10.7 Å². The molecule has 7 heteroatoms. The minimum Gasteiger partial charge on any atom is -0.326 e. The topological polar surface area (TPSA) is 70.2 Å². The van der Waals surface area contributed by atoms with Crippen molar-refractivity contribution in [2.24, 2.45) is 11.3 Å². The van der Waals surface area contributed by atoms with Crippen LogP contribution in [0.5, 0.6) is 0 Å². The molecule has 1 spiro atoms. The van der Waals surface area contributed by atoms with Crippen molar-refractivity contribution < 1.29 is 9.59 Å². The van der Waals surface area contributed by atoms with Crippen molar-refractivity contribution in [3.8, 4) is 0 Å². The lowest BCUT2D eigenvalue weighted by Gasteiger charge is -2.23. The third kappa shape index (κ3) is 3.97. The van der Waals surface area contributed by atoms with E-state index in [4.69, 9.17) is 11.6 Å². The Balaban J connectivity index is 0.00000192. The number of hydrogen-bond donors (Lipinski definition) is 3. The highest BCUT2D eigenvalue weighted by atomic mass is 35.5. The zero-order valence-electron chi connectivity index (χ0n) is 12.9. The molecular weight excluding hydrogens is 337 g/mol. The first-order chi connectivity index (χ1) is 10.5. The summed E-state index contributed by atoms with van der Waals surface area (Å²) in [5.74, 6) is -0.0469. The minimum atomic E-state index is -0.157. The molecule has 1 atom stereocenters. The molecule has 3 rings (SSSR count). The Morgan fingerprint density at radius 2 is 1.96 bits per heavy atom. The van der Waals surface area contributed by atoms with Gasteiger partial charge in [-0.05, 0) is 56.0 Å². The lowest BCUT2D eigenvalue weighted by Crippen LogP contribution is -2.31. The van der Waals surface area contributed by atoms with Gasteiger partial charge < -0.3 is 16.0 Å². The second kappa shape index (κ2) is 7.07. The van der Waals surface area contributed by atoms with Crippen LogP contribution in [0.2, 0.25) is 5.02 Å². The number of carbonyl (C=O) groups is 2. The van der Waals surface area contributed by atoms with Crippen LogP contribution in [0.3, 0.4) is 0 Å². The van der Waals surface area contributed by atoms with Crippen LogP contribution in [0, 0.1) is 11.3 Å². The van der Waals surface area contributed by atoms with Gasteiger partial charge in [-0.2, -0.15) is 0 Å². The maximum Gasteiger partial charge on any atom is 0.228 e. The van der Waals surface area contributed by atoms with Gasteiger partial charge in [0.15, 0.2) is 0 Å². The molecule has 2 amide bonds. The van der Waals surface area contributed by atoms with Crippen LogP contribution in [0.15, 0.2) is 18.2 Å². The normalized spacial score (nSPS) is 21.2. The fourth-order valence-corrected chi connectivity index (χ4v) is 3.48. The number of halogens is 2. The Kier molecular flexibility index (Phi) is 5.55. The fourth-order valence-electron chi connectivity index (χ4n) is 3.32. The lowest BCUT2D eigenvalue weighted by molar-refractivity contribution is -0.118. The molecule has 23 heavy (non-hydrogen) atoms. The smallest absolute Gasteiger partial charge is 0.228 e. The van der Waals surface area contributed by atoms with Crippen LogP contribution < -0.4 is 16.0 Å². The molecule has 1 saturated heterocycles. The summed E-state index contributed by atoms with van der Waals surface area (Å²) in [6, 6.07) is 5.08. The Hall–Kier alpha value is -1.30. The molecule has 2 aliphatic rings. The second-order valence-corrected chi connectivity index (χ2v) is 6.64. The van der Waals surface area contributed by atoms with Gasteiger partial charge in [-0.25, -0.2) is 0 Å². The maximum absolute atomic E-state index is 12.5. The highest BCUT2D eigenvalue weighted by Crippen LogP contribution is 2.58. The molecule has 0 bridgehead atoms. The van der Waals surface area contributed by atoms with Gasteiger partial charge in [0.1, 0.15) is 0 Å². The van der Waals surface area contributed by atoms with E-state index in [0.29, 0.717) is 16.4 Å². The molecular formula is C16H21Cl2N3O2. The van der Waals surface area contributed by atoms with Crippen molar-refractivity contribution >= 4 is 47.2 Å². The van der Waals surface area contributed by atoms with Crippen LogP contribution in [0.25, 0.3) is 0 Å². The molecule has 1 saturated carbocycles. The third-order valence-corrected chi connectivity index (χ3v) is 4.98. The summed E-state index contributed by atoms with van der Waals surface area (Å²) in [7, 11) is 0. The second-order valence-electron chi connectivity index (χ2n) is 6.23. The van der Waals surface area contributed by atoms with E-state index in [2.05, 4.69) is 16.0 Å². The summed E-state index contributed by atoms with van der Waals surface area (Å²) in [6.07, 6.45) is 3.08. The van der Waals surface area contributed by atoms with Gasteiger partial charge in [0, 0.05) is 18.5 Å². The number of carbonyl (C=O) groups excluding carboxylic acids is 2. The average Bonchev–Trinajstić information content (AvgIpc) is 3.16. The quantitative estimate of drug-likeness (QED) is 0.778. The van der Waals surface area contributed by atoms with Gasteiger partial charge in [-0.15, -0.1) is 12.4 Å². The van der Waals surface area contributed by atoms with Crippen LogP contribution in [-0.2, 0) is 9.59 Å². The summed E-state index contributed by atoms with van der Waals surface area (Å²) in [5, 5.41) is 9.41. The van der Waals surface area contributed by atoms with Crippen LogP contribution in [0.4, 0.5) is 11.4 Å². The Bertz CT molecular complexity index is 615. The van der Waals surface area contributed by atoms with Gasteiger partial charge in [0.25, 0.3) is 0 Å². The van der Waals surface area contributed by atoms with Crippen LogP contribution in [0.1, 0.15) is 26.2 Å². The van der Waals surface area contributed by atoms with E-state index in [1.165, 1.54) is 6.92 Å². The largest absolute Gasteiger partial charge is 0.326 e. The first-order valence-corrected chi connectivity index (χ1v) is 7.97. The predicted molar refractivity (Wildman–Crippen MR) is 94.3 cm³/mol. The van der Waals surface area contributed by atoms with Crippen molar-refractivity contribution in [2.75, 3.05) is 23.7 Å². The molecule has 1 aliphatic carbocycles. The van der Waals surface area contributed by atoms with Crippen LogP contribution >= 0.6 is 24.0 Å². The Morgan fingerprint density at radius 3 is 2.61 bits per heavy atom. The van der Waals surface area contributed by atoms with E-state index in [9.17, 15) is 9.59 Å². The molecule has 1 unspecified atom stereocenters. The van der Waals surface area contributed by atoms with Crippen molar-refractivity contribution in [3.63, 3.8) is 0 Å². The van der Waals surface area contributed by atoms with E-state index in [1.54, 1.807) is 18.2 Å². The maximum atomic E-state index is 12.5. The number of benzene rings is 1. The molecule has 1 aliphatic heterocycles. The first kappa shape index (κ1) is 18.0. The Labute approximate surface area is 146 Å².